The van der Waals surface area contributed by atoms with Crippen molar-refractivity contribution in [2.75, 3.05) is 26.8 Å². The number of thiophene rings is 1. The lowest BCUT2D eigenvalue weighted by molar-refractivity contribution is -0.123. The molecular formula is C16H22N4O2S. The second-order valence-electron chi connectivity index (χ2n) is 5.83. The van der Waals surface area contributed by atoms with E-state index in [0.717, 1.165) is 24.5 Å². The molecule has 1 amide bonds. The van der Waals surface area contributed by atoms with Gasteiger partial charge in [0.25, 0.3) is 0 Å². The van der Waals surface area contributed by atoms with Gasteiger partial charge in [-0.3, -0.25) is 9.69 Å². The van der Waals surface area contributed by atoms with Gasteiger partial charge in [-0.05, 0) is 22.4 Å². The number of nitrogens with zero attached hydrogens (tertiary/aromatic N) is 3. The zero-order valence-electron chi connectivity index (χ0n) is 13.5. The Morgan fingerprint density at radius 2 is 2.43 bits per heavy atom. The summed E-state index contributed by atoms with van der Waals surface area (Å²) in [5, 5.41) is 7.20. The molecule has 1 aliphatic heterocycles. The molecule has 23 heavy (non-hydrogen) atoms. The van der Waals surface area contributed by atoms with Gasteiger partial charge in [-0.15, -0.1) is 0 Å². The Labute approximate surface area is 140 Å². The molecule has 0 saturated heterocycles. The molecule has 7 heteroatoms. The Morgan fingerprint density at radius 1 is 1.57 bits per heavy atom. The monoisotopic (exact) mass is 334 g/mol. The van der Waals surface area contributed by atoms with Crippen LogP contribution in [0.2, 0.25) is 0 Å². The van der Waals surface area contributed by atoms with E-state index in [4.69, 9.17) is 4.74 Å². The van der Waals surface area contributed by atoms with Gasteiger partial charge in [0.05, 0.1) is 30.2 Å². The highest BCUT2D eigenvalue weighted by Crippen LogP contribution is 2.28. The van der Waals surface area contributed by atoms with Gasteiger partial charge in [0.1, 0.15) is 0 Å². The zero-order valence-corrected chi connectivity index (χ0v) is 14.3. The van der Waals surface area contributed by atoms with E-state index in [0.29, 0.717) is 19.7 Å². The maximum Gasteiger partial charge on any atom is 0.230 e. The van der Waals surface area contributed by atoms with Crippen molar-refractivity contribution >= 4 is 17.2 Å². The standard InChI is InChI=1S/C16H22N4O2S/c1-19-11-18-14-9-20(7-12-3-6-23-10-12)8-13(15(14)19)16(21)17-4-5-22-2/h3,6,10-11,13H,4-5,7-9H2,1-2H3,(H,17,21)/t13-/m0/s1. The van der Waals surface area contributed by atoms with Crippen molar-refractivity contribution in [3.05, 3.63) is 40.1 Å². The van der Waals surface area contributed by atoms with E-state index in [1.165, 1.54) is 5.56 Å². The summed E-state index contributed by atoms with van der Waals surface area (Å²) < 4.78 is 6.98. The van der Waals surface area contributed by atoms with Crippen molar-refractivity contribution in [3.8, 4) is 0 Å². The van der Waals surface area contributed by atoms with Gasteiger partial charge in [-0.25, -0.2) is 4.98 Å². The fourth-order valence-electron chi connectivity index (χ4n) is 3.05. The summed E-state index contributed by atoms with van der Waals surface area (Å²) >= 11 is 1.70. The quantitative estimate of drug-likeness (QED) is 0.810. The maximum atomic E-state index is 12.6. The molecule has 0 saturated carbocycles. The molecule has 3 rings (SSSR count). The summed E-state index contributed by atoms with van der Waals surface area (Å²) in [6, 6.07) is 2.13. The van der Waals surface area contributed by atoms with Gasteiger partial charge < -0.3 is 14.6 Å². The Bertz CT molecular complexity index is 653. The van der Waals surface area contributed by atoms with E-state index in [1.807, 2.05) is 11.6 Å². The zero-order chi connectivity index (χ0) is 16.2. The topological polar surface area (TPSA) is 59.4 Å². The number of hydrogen-bond donors (Lipinski definition) is 1. The summed E-state index contributed by atoms with van der Waals surface area (Å²) in [5.41, 5.74) is 3.32. The Balaban J connectivity index is 1.76. The lowest BCUT2D eigenvalue weighted by Gasteiger charge is -2.32. The van der Waals surface area contributed by atoms with Crippen LogP contribution in [0.15, 0.2) is 23.2 Å². The number of amides is 1. The third-order valence-corrected chi connectivity index (χ3v) is 4.85. The molecule has 0 bridgehead atoms. The summed E-state index contributed by atoms with van der Waals surface area (Å²) in [7, 11) is 3.59. The van der Waals surface area contributed by atoms with Crippen LogP contribution >= 0.6 is 11.3 Å². The third-order valence-electron chi connectivity index (χ3n) is 4.11. The van der Waals surface area contributed by atoms with Crippen LogP contribution in [0.3, 0.4) is 0 Å². The highest BCUT2D eigenvalue weighted by molar-refractivity contribution is 7.07. The second-order valence-corrected chi connectivity index (χ2v) is 6.61. The first kappa shape index (κ1) is 16.2. The van der Waals surface area contributed by atoms with Crippen LogP contribution in [-0.4, -0.2) is 47.2 Å². The van der Waals surface area contributed by atoms with Crippen molar-refractivity contribution in [2.45, 2.75) is 19.0 Å². The van der Waals surface area contributed by atoms with Crippen molar-refractivity contribution < 1.29 is 9.53 Å². The number of aromatic nitrogens is 2. The predicted octanol–water partition coefficient (Wildman–Crippen LogP) is 1.34. The van der Waals surface area contributed by atoms with Crippen molar-refractivity contribution in [2.24, 2.45) is 7.05 Å². The third kappa shape index (κ3) is 3.63. The number of carbonyl (C=O) groups excluding carboxylic acids is 1. The Morgan fingerprint density at radius 3 is 3.17 bits per heavy atom. The summed E-state index contributed by atoms with van der Waals surface area (Å²) in [5.74, 6) is -0.149. The largest absolute Gasteiger partial charge is 0.383 e. The van der Waals surface area contributed by atoms with E-state index >= 15 is 0 Å². The highest BCUT2D eigenvalue weighted by Gasteiger charge is 2.33. The van der Waals surface area contributed by atoms with E-state index in [2.05, 4.69) is 32.0 Å². The van der Waals surface area contributed by atoms with E-state index in [1.54, 1.807) is 24.8 Å². The van der Waals surface area contributed by atoms with Gasteiger partial charge in [0, 0.05) is 40.3 Å². The SMILES string of the molecule is COCCNC(=O)[C@H]1CN(Cc2ccsc2)Cc2ncn(C)c21. The summed E-state index contributed by atoms with van der Waals surface area (Å²) in [6.07, 6.45) is 1.80. The van der Waals surface area contributed by atoms with Gasteiger partial charge in [-0.1, -0.05) is 0 Å². The molecule has 0 aliphatic carbocycles. The molecule has 0 aromatic carbocycles. The fraction of sp³-hybridized carbons (Fsp3) is 0.500. The van der Waals surface area contributed by atoms with E-state index in [-0.39, 0.29) is 11.8 Å². The highest BCUT2D eigenvalue weighted by atomic mass is 32.1. The molecule has 6 nitrogen and oxygen atoms in total. The second kappa shape index (κ2) is 7.25. The van der Waals surface area contributed by atoms with Crippen molar-refractivity contribution in [1.82, 2.24) is 19.8 Å². The molecule has 1 N–H and O–H groups in total. The number of ether oxygens (including phenoxy) is 1. The van der Waals surface area contributed by atoms with Gasteiger partial charge in [0.2, 0.25) is 5.91 Å². The van der Waals surface area contributed by atoms with Crippen molar-refractivity contribution in [1.29, 1.82) is 0 Å². The number of imidazole rings is 1. The van der Waals surface area contributed by atoms with Crippen LogP contribution in [0.4, 0.5) is 0 Å². The minimum Gasteiger partial charge on any atom is -0.383 e. The first-order valence-electron chi connectivity index (χ1n) is 7.69. The molecule has 0 radical (unpaired) electrons. The molecule has 0 spiro atoms. The molecule has 124 valence electrons. The molecule has 0 fully saturated rings. The Kier molecular flexibility index (Phi) is 5.09. The number of aryl methyl sites for hydroxylation is 1. The molecule has 1 aliphatic rings. The van der Waals surface area contributed by atoms with Crippen LogP contribution < -0.4 is 5.32 Å². The van der Waals surface area contributed by atoms with Crippen molar-refractivity contribution in [3.63, 3.8) is 0 Å². The smallest absolute Gasteiger partial charge is 0.230 e. The molecule has 2 aromatic rings. The van der Waals surface area contributed by atoms with Crippen LogP contribution in [0, 0.1) is 0 Å². The minimum atomic E-state index is -0.193. The number of rotatable bonds is 6. The Hall–Kier alpha value is -1.70. The maximum absolute atomic E-state index is 12.6. The minimum absolute atomic E-state index is 0.0434. The number of nitrogens with one attached hydrogen (secondary N) is 1. The number of hydrogen-bond acceptors (Lipinski definition) is 5. The number of methoxy groups -OCH3 is 1. The first-order chi connectivity index (χ1) is 11.2. The number of fused-ring (bicyclic) bond motifs is 1. The number of carbonyl (C=O) groups is 1. The van der Waals surface area contributed by atoms with E-state index < -0.39 is 0 Å². The predicted molar refractivity (Wildman–Crippen MR) is 89.3 cm³/mol. The summed E-state index contributed by atoms with van der Waals surface area (Å²) in [4.78, 5) is 19.4. The lowest BCUT2D eigenvalue weighted by Crippen LogP contribution is -2.42. The average molecular weight is 334 g/mol. The molecular weight excluding hydrogens is 312 g/mol. The lowest BCUT2D eigenvalue weighted by atomic mass is 9.97. The molecule has 3 heterocycles. The normalized spacial score (nSPS) is 17.9. The van der Waals surface area contributed by atoms with Gasteiger partial charge >= 0.3 is 0 Å². The fourth-order valence-corrected chi connectivity index (χ4v) is 3.71. The van der Waals surface area contributed by atoms with Crippen LogP contribution in [0.25, 0.3) is 0 Å². The molecule has 1 atom stereocenters. The molecule has 0 unspecified atom stereocenters. The van der Waals surface area contributed by atoms with Crippen LogP contribution in [-0.2, 0) is 29.7 Å². The summed E-state index contributed by atoms with van der Waals surface area (Å²) in [6.45, 7) is 3.40. The van der Waals surface area contributed by atoms with Crippen LogP contribution in [0.1, 0.15) is 22.9 Å². The van der Waals surface area contributed by atoms with Crippen LogP contribution in [0.5, 0.6) is 0 Å². The van der Waals surface area contributed by atoms with E-state index in [9.17, 15) is 4.79 Å². The molecule has 2 aromatic heterocycles. The van der Waals surface area contributed by atoms with Gasteiger partial charge in [0.15, 0.2) is 0 Å². The first-order valence-corrected chi connectivity index (χ1v) is 8.63. The van der Waals surface area contributed by atoms with Gasteiger partial charge in [-0.2, -0.15) is 11.3 Å². The average Bonchev–Trinajstić information content (AvgIpc) is 3.17.